The van der Waals surface area contributed by atoms with Crippen molar-refractivity contribution in [3.63, 3.8) is 0 Å². The minimum absolute atomic E-state index is 0.656. The van der Waals surface area contributed by atoms with Crippen molar-refractivity contribution in [3.8, 4) is 0 Å². The molecular weight excluding hydrogens is 242 g/mol. The van der Waals surface area contributed by atoms with Crippen molar-refractivity contribution in [2.24, 2.45) is 0 Å². The maximum Gasteiger partial charge on any atom is 0.0206 e. The second kappa shape index (κ2) is 5.30. The molecule has 17 heavy (non-hydrogen) atoms. The predicted octanol–water partition coefficient (Wildman–Crippen LogP) is 4.15. The van der Waals surface area contributed by atoms with Gasteiger partial charge in [0.05, 0.1) is 0 Å². The van der Waals surface area contributed by atoms with E-state index in [9.17, 15) is 0 Å². The third kappa shape index (κ3) is 2.76. The Kier molecular flexibility index (Phi) is 3.55. The highest BCUT2D eigenvalue weighted by atomic mass is 31.1. The summed E-state index contributed by atoms with van der Waals surface area (Å²) in [4.78, 5) is 0. The lowest BCUT2D eigenvalue weighted by molar-refractivity contribution is 1.33. The van der Waals surface area contributed by atoms with Gasteiger partial charge in [0.15, 0.2) is 0 Å². The van der Waals surface area contributed by atoms with Crippen LogP contribution in [0.15, 0.2) is 72.2 Å². The van der Waals surface area contributed by atoms with Gasteiger partial charge in [-0.05, 0) is 5.31 Å². The van der Waals surface area contributed by atoms with Gasteiger partial charge in [0, 0.05) is 17.0 Å². The molecule has 0 heterocycles. The highest BCUT2D eigenvalue weighted by Crippen LogP contribution is 2.46. The maximum absolute atomic E-state index is 2.38. The van der Waals surface area contributed by atoms with Crippen LogP contribution < -0.4 is 0 Å². The summed E-state index contributed by atoms with van der Waals surface area (Å²) in [7, 11) is 1.90. The molecule has 3 aliphatic rings. The van der Waals surface area contributed by atoms with Crippen molar-refractivity contribution in [3.05, 3.63) is 72.2 Å². The van der Waals surface area contributed by atoms with E-state index < -0.39 is 0 Å². The molecule has 2 heteroatoms. The van der Waals surface area contributed by atoms with Crippen LogP contribution in [0.2, 0.25) is 0 Å². The Morgan fingerprint density at radius 2 is 1.35 bits per heavy atom. The summed E-state index contributed by atoms with van der Waals surface area (Å²) in [5.74, 6) is 0. The molecule has 0 aromatic heterocycles. The minimum atomic E-state index is 0.656. The molecule has 3 rings (SSSR count). The first-order chi connectivity index (χ1) is 8.42. The monoisotopic (exact) mass is 258 g/mol. The standard InChI is InChI=1S/C15H16P2/c1-2-7-12(6-1)16-14-10-5-11-15(14)17-13-8-3-4-9-13/h1-14,16-17H. The zero-order valence-electron chi connectivity index (χ0n) is 9.58. The third-order valence-electron chi connectivity index (χ3n) is 3.12. The van der Waals surface area contributed by atoms with Crippen molar-refractivity contribution in [2.45, 2.75) is 17.0 Å². The molecular formula is C15H16P2. The summed E-state index contributed by atoms with van der Waals surface area (Å²) in [6.07, 6.45) is 24.9. The van der Waals surface area contributed by atoms with Crippen molar-refractivity contribution in [1.29, 1.82) is 0 Å². The van der Waals surface area contributed by atoms with Gasteiger partial charge in [0.25, 0.3) is 0 Å². The number of hydrogen-bond acceptors (Lipinski definition) is 0. The summed E-state index contributed by atoms with van der Waals surface area (Å²) in [6, 6.07) is 0. The average molecular weight is 258 g/mol. The van der Waals surface area contributed by atoms with Crippen LogP contribution in [0.3, 0.4) is 0 Å². The van der Waals surface area contributed by atoms with Gasteiger partial charge >= 0.3 is 0 Å². The van der Waals surface area contributed by atoms with Crippen molar-refractivity contribution in [2.75, 3.05) is 0 Å². The SMILES string of the molecule is C1=CC(PC2=CC=CC2PC2C=CC=C2)C=C1. The van der Waals surface area contributed by atoms with E-state index in [2.05, 4.69) is 66.8 Å². The molecule has 0 bridgehead atoms. The molecule has 0 radical (unpaired) electrons. The lowest BCUT2D eigenvalue weighted by Gasteiger charge is -2.18. The van der Waals surface area contributed by atoms with E-state index in [0.717, 1.165) is 17.2 Å². The number of allylic oxidation sites excluding steroid dienone is 12. The highest BCUT2D eigenvalue weighted by Gasteiger charge is 2.20. The summed E-state index contributed by atoms with van der Waals surface area (Å²) >= 11 is 0. The number of rotatable bonds is 4. The zero-order valence-corrected chi connectivity index (χ0v) is 11.6. The van der Waals surface area contributed by atoms with E-state index in [0.29, 0.717) is 17.0 Å². The van der Waals surface area contributed by atoms with Crippen LogP contribution in [0, 0.1) is 0 Å². The average Bonchev–Trinajstić information content (AvgIpc) is 3.04. The van der Waals surface area contributed by atoms with Crippen LogP contribution in [0.4, 0.5) is 0 Å². The topological polar surface area (TPSA) is 0 Å². The molecule has 0 nitrogen and oxygen atoms in total. The van der Waals surface area contributed by atoms with Gasteiger partial charge in [0.2, 0.25) is 0 Å². The summed E-state index contributed by atoms with van der Waals surface area (Å²) in [6.45, 7) is 0. The quantitative estimate of drug-likeness (QED) is 0.664. The highest BCUT2D eigenvalue weighted by molar-refractivity contribution is 7.48. The molecule has 0 N–H and O–H groups in total. The Hall–Kier alpha value is -0.700. The normalized spacial score (nSPS) is 28.0. The summed E-state index contributed by atoms with van der Waals surface area (Å²) < 4.78 is 0. The van der Waals surface area contributed by atoms with E-state index >= 15 is 0 Å². The molecule has 0 spiro atoms. The Morgan fingerprint density at radius 1 is 0.706 bits per heavy atom. The molecule has 3 aliphatic carbocycles. The second-order valence-electron chi connectivity index (χ2n) is 4.39. The van der Waals surface area contributed by atoms with Gasteiger partial charge in [-0.1, -0.05) is 84.0 Å². The Bertz CT molecular complexity index is 439. The fourth-order valence-corrected chi connectivity index (χ4v) is 5.36. The van der Waals surface area contributed by atoms with Crippen molar-refractivity contribution < 1.29 is 0 Å². The molecule has 3 atom stereocenters. The van der Waals surface area contributed by atoms with Gasteiger partial charge in [-0.2, -0.15) is 0 Å². The van der Waals surface area contributed by atoms with Gasteiger partial charge in [0.1, 0.15) is 0 Å². The number of hydrogen-bond donors (Lipinski definition) is 0. The maximum atomic E-state index is 2.38. The third-order valence-corrected chi connectivity index (χ3v) is 6.57. The molecule has 0 aliphatic heterocycles. The molecule has 0 saturated heterocycles. The van der Waals surface area contributed by atoms with Gasteiger partial charge in [-0.25, -0.2) is 0 Å². The Balaban J connectivity index is 1.60. The lowest BCUT2D eigenvalue weighted by Crippen LogP contribution is -2.02. The first kappa shape index (κ1) is 11.4. The Labute approximate surface area is 107 Å². The first-order valence-electron chi connectivity index (χ1n) is 6.03. The van der Waals surface area contributed by atoms with E-state index in [1.165, 1.54) is 0 Å². The molecule has 0 amide bonds. The Morgan fingerprint density at radius 3 is 2.06 bits per heavy atom. The van der Waals surface area contributed by atoms with E-state index in [4.69, 9.17) is 0 Å². The van der Waals surface area contributed by atoms with Gasteiger partial charge < -0.3 is 0 Å². The molecule has 0 aromatic rings. The van der Waals surface area contributed by atoms with Crippen LogP contribution in [-0.2, 0) is 0 Å². The largest absolute Gasteiger partial charge is 0.0991 e. The van der Waals surface area contributed by atoms with Crippen LogP contribution in [0.25, 0.3) is 0 Å². The van der Waals surface area contributed by atoms with Crippen molar-refractivity contribution in [1.82, 2.24) is 0 Å². The van der Waals surface area contributed by atoms with Crippen LogP contribution in [0.5, 0.6) is 0 Å². The first-order valence-corrected chi connectivity index (χ1v) is 8.26. The van der Waals surface area contributed by atoms with E-state index in [1.54, 1.807) is 5.31 Å². The van der Waals surface area contributed by atoms with Gasteiger partial charge in [-0.3, -0.25) is 0 Å². The fourth-order valence-electron chi connectivity index (χ4n) is 2.23. The van der Waals surface area contributed by atoms with Crippen molar-refractivity contribution >= 4 is 17.2 Å². The summed E-state index contributed by atoms with van der Waals surface area (Å²) in [5.41, 5.74) is 2.02. The second-order valence-corrected chi connectivity index (χ2v) is 7.54. The smallest absolute Gasteiger partial charge is 0.0206 e. The molecule has 0 aromatic carbocycles. The fraction of sp³-hybridized carbons (Fsp3) is 0.200. The molecule has 86 valence electrons. The predicted molar refractivity (Wildman–Crippen MR) is 81.8 cm³/mol. The molecule has 3 unspecified atom stereocenters. The minimum Gasteiger partial charge on any atom is -0.0991 e. The molecule has 0 fully saturated rings. The summed E-state index contributed by atoms with van der Waals surface area (Å²) in [5, 5.41) is 1.64. The van der Waals surface area contributed by atoms with E-state index in [-0.39, 0.29) is 0 Å². The van der Waals surface area contributed by atoms with Crippen LogP contribution in [0.1, 0.15) is 0 Å². The molecule has 0 saturated carbocycles. The van der Waals surface area contributed by atoms with Crippen LogP contribution >= 0.6 is 17.2 Å². The lowest BCUT2D eigenvalue weighted by atomic mass is 10.4. The zero-order chi connectivity index (χ0) is 11.5. The van der Waals surface area contributed by atoms with Crippen LogP contribution in [-0.4, -0.2) is 17.0 Å². The van der Waals surface area contributed by atoms with E-state index in [1.807, 2.05) is 0 Å². The van der Waals surface area contributed by atoms with Gasteiger partial charge in [-0.15, -0.1) is 0 Å².